The Hall–Kier alpha value is -3.15. The molecule has 0 bridgehead atoms. The molecule has 1 saturated carbocycles. The molecule has 2 atom stereocenters. The highest BCUT2D eigenvalue weighted by atomic mass is 16.2. The largest absolute Gasteiger partial charge is 0.368 e. The van der Waals surface area contributed by atoms with E-state index in [1.807, 2.05) is 4.90 Å². The van der Waals surface area contributed by atoms with Crippen LogP contribution in [0.25, 0.3) is 0 Å². The number of imide groups is 1. The third-order valence-electron chi connectivity index (χ3n) is 7.49. The summed E-state index contributed by atoms with van der Waals surface area (Å²) in [5, 5.41) is 0. The van der Waals surface area contributed by atoms with Gasteiger partial charge in [-0.2, -0.15) is 0 Å². The Bertz CT molecular complexity index is 1060. The van der Waals surface area contributed by atoms with Crippen molar-refractivity contribution < 1.29 is 14.4 Å². The van der Waals surface area contributed by atoms with Crippen molar-refractivity contribution in [3.63, 3.8) is 0 Å². The maximum atomic E-state index is 13.1. The lowest BCUT2D eigenvalue weighted by atomic mass is 9.81. The Morgan fingerprint density at radius 2 is 1.42 bits per heavy atom. The molecular weight excluding hydrogens is 414 g/mol. The summed E-state index contributed by atoms with van der Waals surface area (Å²) in [6, 6.07) is 13.5. The average molecular weight is 446 g/mol. The van der Waals surface area contributed by atoms with Crippen LogP contribution in [0.1, 0.15) is 47.2 Å². The zero-order chi connectivity index (χ0) is 23.1. The summed E-state index contributed by atoms with van der Waals surface area (Å²) in [6.07, 6.45) is 3.63. The van der Waals surface area contributed by atoms with Gasteiger partial charge in [0.2, 0.25) is 11.8 Å². The summed E-state index contributed by atoms with van der Waals surface area (Å²) < 4.78 is 0. The molecule has 0 radical (unpaired) electrons. The number of piperazine rings is 1. The SMILES string of the molecule is Cc1ccc(C)c(N2CCN(C(=O)c3ccc(N4C(=O)C5CCCCC5C4=O)cc3)CC2)c1. The van der Waals surface area contributed by atoms with Crippen molar-refractivity contribution in [1.82, 2.24) is 4.90 Å². The van der Waals surface area contributed by atoms with Gasteiger partial charge in [-0.05, 0) is 68.1 Å². The first-order valence-electron chi connectivity index (χ1n) is 12.0. The fraction of sp³-hybridized carbons (Fsp3) is 0.444. The third-order valence-corrected chi connectivity index (χ3v) is 7.49. The molecule has 6 heteroatoms. The van der Waals surface area contributed by atoms with Crippen LogP contribution < -0.4 is 9.80 Å². The lowest BCUT2D eigenvalue weighted by Gasteiger charge is -2.37. The number of amides is 3. The highest BCUT2D eigenvalue weighted by Gasteiger charge is 2.48. The van der Waals surface area contributed by atoms with E-state index in [1.165, 1.54) is 21.7 Å². The van der Waals surface area contributed by atoms with Gasteiger partial charge in [-0.15, -0.1) is 0 Å². The van der Waals surface area contributed by atoms with Gasteiger partial charge in [0.1, 0.15) is 0 Å². The first kappa shape index (κ1) is 21.7. The number of aryl methyl sites for hydroxylation is 2. The number of hydrogen-bond donors (Lipinski definition) is 0. The van der Waals surface area contributed by atoms with E-state index >= 15 is 0 Å². The Morgan fingerprint density at radius 1 is 0.818 bits per heavy atom. The zero-order valence-corrected chi connectivity index (χ0v) is 19.4. The van der Waals surface area contributed by atoms with Crippen molar-refractivity contribution in [1.29, 1.82) is 0 Å². The van der Waals surface area contributed by atoms with E-state index < -0.39 is 0 Å². The van der Waals surface area contributed by atoms with E-state index in [2.05, 4.69) is 36.9 Å². The van der Waals surface area contributed by atoms with Gasteiger partial charge in [0.25, 0.3) is 5.91 Å². The molecule has 3 aliphatic rings. The van der Waals surface area contributed by atoms with Crippen LogP contribution in [0.5, 0.6) is 0 Å². The average Bonchev–Trinajstić information content (AvgIpc) is 3.10. The van der Waals surface area contributed by atoms with E-state index in [0.29, 0.717) is 24.3 Å². The number of nitrogens with zero attached hydrogens (tertiary/aromatic N) is 3. The van der Waals surface area contributed by atoms with E-state index in [1.54, 1.807) is 24.3 Å². The Balaban J connectivity index is 1.25. The molecule has 5 rings (SSSR count). The fourth-order valence-corrected chi connectivity index (χ4v) is 5.56. The van der Waals surface area contributed by atoms with Crippen molar-refractivity contribution in [3.8, 4) is 0 Å². The van der Waals surface area contributed by atoms with Gasteiger partial charge in [0, 0.05) is 37.4 Å². The normalized spacial score (nSPS) is 23.2. The monoisotopic (exact) mass is 445 g/mol. The maximum Gasteiger partial charge on any atom is 0.253 e. The summed E-state index contributed by atoms with van der Waals surface area (Å²) >= 11 is 0. The molecule has 3 amide bonds. The van der Waals surface area contributed by atoms with E-state index in [4.69, 9.17) is 0 Å². The van der Waals surface area contributed by atoms with Gasteiger partial charge in [-0.1, -0.05) is 25.0 Å². The Kier molecular flexibility index (Phi) is 5.69. The van der Waals surface area contributed by atoms with Crippen molar-refractivity contribution >= 4 is 29.1 Å². The first-order valence-corrected chi connectivity index (χ1v) is 12.0. The van der Waals surface area contributed by atoms with Crippen LogP contribution in [0.2, 0.25) is 0 Å². The highest BCUT2D eigenvalue weighted by molar-refractivity contribution is 6.22. The Labute approximate surface area is 195 Å². The van der Waals surface area contributed by atoms with Gasteiger partial charge in [0.15, 0.2) is 0 Å². The second kappa shape index (κ2) is 8.65. The van der Waals surface area contributed by atoms with E-state index in [9.17, 15) is 14.4 Å². The first-order chi connectivity index (χ1) is 15.9. The maximum absolute atomic E-state index is 13.1. The smallest absolute Gasteiger partial charge is 0.253 e. The molecule has 2 heterocycles. The zero-order valence-electron chi connectivity index (χ0n) is 19.4. The molecule has 33 heavy (non-hydrogen) atoms. The number of benzene rings is 2. The third kappa shape index (κ3) is 3.92. The molecular formula is C27H31N3O3. The van der Waals surface area contributed by atoms with Crippen LogP contribution in [0.3, 0.4) is 0 Å². The number of anilines is 2. The molecule has 2 aliphatic heterocycles. The number of hydrogen-bond acceptors (Lipinski definition) is 4. The van der Waals surface area contributed by atoms with Crippen molar-refractivity contribution in [3.05, 3.63) is 59.2 Å². The second-order valence-electron chi connectivity index (χ2n) is 9.63. The van der Waals surface area contributed by atoms with E-state index in [-0.39, 0.29) is 29.6 Å². The molecule has 172 valence electrons. The van der Waals surface area contributed by atoms with Crippen LogP contribution in [0, 0.1) is 25.7 Å². The van der Waals surface area contributed by atoms with Gasteiger partial charge >= 0.3 is 0 Å². The fourth-order valence-electron chi connectivity index (χ4n) is 5.56. The molecule has 6 nitrogen and oxygen atoms in total. The van der Waals surface area contributed by atoms with Crippen LogP contribution in [0.4, 0.5) is 11.4 Å². The second-order valence-corrected chi connectivity index (χ2v) is 9.63. The molecule has 0 N–H and O–H groups in total. The van der Waals surface area contributed by atoms with Gasteiger partial charge in [0.05, 0.1) is 17.5 Å². The summed E-state index contributed by atoms with van der Waals surface area (Å²) in [7, 11) is 0. The topological polar surface area (TPSA) is 60.9 Å². The molecule has 0 aromatic heterocycles. The Morgan fingerprint density at radius 3 is 2.03 bits per heavy atom. The molecule has 2 aromatic rings. The highest BCUT2D eigenvalue weighted by Crippen LogP contribution is 2.40. The van der Waals surface area contributed by atoms with Gasteiger partial charge in [-0.25, -0.2) is 0 Å². The molecule has 0 spiro atoms. The van der Waals surface area contributed by atoms with Crippen LogP contribution in [-0.4, -0.2) is 48.8 Å². The van der Waals surface area contributed by atoms with Crippen molar-refractivity contribution in [2.75, 3.05) is 36.0 Å². The van der Waals surface area contributed by atoms with Crippen molar-refractivity contribution in [2.45, 2.75) is 39.5 Å². The van der Waals surface area contributed by atoms with Crippen LogP contribution in [0.15, 0.2) is 42.5 Å². The van der Waals surface area contributed by atoms with Gasteiger partial charge in [-0.3, -0.25) is 19.3 Å². The summed E-state index contributed by atoms with van der Waals surface area (Å²) in [5.41, 5.74) is 4.91. The lowest BCUT2D eigenvalue weighted by Crippen LogP contribution is -2.49. The summed E-state index contributed by atoms with van der Waals surface area (Å²) in [5.74, 6) is -0.491. The van der Waals surface area contributed by atoms with Crippen LogP contribution in [-0.2, 0) is 9.59 Å². The molecule has 2 saturated heterocycles. The minimum absolute atomic E-state index is 0.00471. The quantitative estimate of drug-likeness (QED) is 0.672. The molecule has 1 aliphatic carbocycles. The number of fused-ring (bicyclic) bond motifs is 1. The van der Waals surface area contributed by atoms with E-state index in [0.717, 1.165) is 38.8 Å². The predicted octanol–water partition coefficient (Wildman–Crippen LogP) is 3.95. The lowest BCUT2D eigenvalue weighted by molar-refractivity contribution is -0.122. The number of rotatable bonds is 3. The minimum Gasteiger partial charge on any atom is -0.368 e. The van der Waals surface area contributed by atoms with Crippen molar-refractivity contribution in [2.24, 2.45) is 11.8 Å². The number of carbonyl (C=O) groups excluding carboxylic acids is 3. The number of carbonyl (C=O) groups is 3. The molecule has 3 fully saturated rings. The predicted molar refractivity (Wildman–Crippen MR) is 128 cm³/mol. The summed E-state index contributed by atoms with van der Waals surface area (Å²) in [4.78, 5) is 44.3. The van der Waals surface area contributed by atoms with Gasteiger partial charge < -0.3 is 9.80 Å². The standard InChI is InChI=1S/C27H31N3O3/c1-18-7-8-19(2)24(17-18)28-13-15-29(16-14-28)25(31)20-9-11-21(12-10-20)30-26(32)22-5-3-4-6-23(22)27(30)33/h7-12,17,22-23H,3-6,13-16H2,1-2H3. The molecule has 2 aromatic carbocycles. The van der Waals surface area contributed by atoms with Crippen LogP contribution >= 0.6 is 0 Å². The molecule has 2 unspecified atom stereocenters. The summed E-state index contributed by atoms with van der Waals surface area (Å²) in [6.45, 7) is 7.16. The minimum atomic E-state index is -0.166.